The lowest BCUT2D eigenvalue weighted by molar-refractivity contribution is 0.0502. The number of halogens is 2. The fraction of sp³-hybridized carbons (Fsp3) is 0.261. The van der Waals surface area contributed by atoms with Crippen LogP contribution >= 0.6 is 0 Å². The van der Waals surface area contributed by atoms with Gasteiger partial charge in [0.25, 0.3) is 0 Å². The molecule has 10 heteroatoms. The number of anilines is 1. The number of nitrogen functional groups attached to an aromatic ring is 1. The lowest BCUT2D eigenvalue weighted by Crippen LogP contribution is -2.36. The molecule has 1 atom stereocenters. The van der Waals surface area contributed by atoms with Gasteiger partial charge in [-0.15, -0.1) is 0 Å². The zero-order chi connectivity index (χ0) is 24.2. The van der Waals surface area contributed by atoms with Crippen molar-refractivity contribution in [3.05, 3.63) is 71.4 Å². The van der Waals surface area contributed by atoms with Gasteiger partial charge in [-0.25, -0.2) is 28.5 Å². The van der Waals surface area contributed by atoms with Crippen LogP contribution in [0.25, 0.3) is 11.1 Å². The molecule has 0 bridgehead atoms. The number of nitrogens with zero attached hydrogens (tertiary/aromatic N) is 3. The summed E-state index contributed by atoms with van der Waals surface area (Å²) in [6, 6.07) is 3.97. The highest BCUT2D eigenvalue weighted by Crippen LogP contribution is 2.29. The lowest BCUT2D eigenvalue weighted by Gasteiger charge is -2.24. The number of amides is 1. The molecule has 0 radical (unpaired) electrons. The molecule has 0 fully saturated rings. The first-order valence-corrected chi connectivity index (χ1v) is 10.1. The molecule has 33 heavy (non-hydrogen) atoms. The summed E-state index contributed by atoms with van der Waals surface area (Å²) in [6.07, 6.45) is 4.70. The SMILES string of the molecule is CC(C)(C)OC(=O)N[C@@H](Cc1cc(F)cc(F)c1)c1ncncc1-c1cnc(N)c(C=N)c1. The quantitative estimate of drug-likeness (QED) is 0.479. The number of aromatic nitrogens is 3. The van der Waals surface area contributed by atoms with Crippen molar-refractivity contribution in [1.82, 2.24) is 20.3 Å². The van der Waals surface area contributed by atoms with Crippen LogP contribution in [-0.2, 0) is 11.2 Å². The summed E-state index contributed by atoms with van der Waals surface area (Å²) >= 11 is 0. The molecule has 8 nitrogen and oxygen atoms in total. The van der Waals surface area contributed by atoms with E-state index >= 15 is 0 Å². The molecule has 0 aliphatic rings. The number of alkyl carbamates (subject to hydrolysis) is 1. The minimum absolute atomic E-state index is 0.0256. The number of rotatable bonds is 6. The van der Waals surface area contributed by atoms with Crippen molar-refractivity contribution in [2.45, 2.75) is 38.8 Å². The van der Waals surface area contributed by atoms with Crippen LogP contribution in [0.1, 0.15) is 43.6 Å². The molecule has 0 spiro atoms. The molecule has 0 saturated heterocycles. The van der Waals surface area contributed by atoms with Crippen LogP contribution in [0.4, 0.5) is 19.4 Å². The molecule has 172 valence electrons. The molecule has 4 N–H and O–H groups in total. The van der Waals surface area contributed by atoms with E-state index in [1.807, 2.05) is 0 Å². The van der Waals surface area contributed by atoms with E-state index in [2.05, 4.69) is 20.3 Å². The van der Waals surface area contributed by atoms with Crippen LogP contribution in [0.5, 0.6) is 0 Å². The van der Waals surface area contributed by atoms with Crippen LogP contribution in [0.15, 0.2) is 43.0 Å². The third-order valence-corrected chi connectivity index (χ3v) is 4.54. The minimum Gasteiger partial charge on any atom is -0.444 e. The van der Waals surface area contributed by atoms with E-state index in [1.54, 1.807) is 26.8 Å². The summed E-state index contributed by atoms with van der Waals surface area (Å²) in [6.45, 7) is 5.16. The van der Waals surface area contributed by atoms with E-state index in [1.165, 1.54) is 30.9 Å². The number of carbonyl (C=O) groups is 1. The van der Waals surface area contributed by atoms with Gasteiger partial charge in [0.2, 0.25) is 0 Å². The standard InChI is InChI=1S/C23H24F2N6O2/c1-23(2,3)33-22(32)31-19(6-13-4-16(24)8-17(25)5-13)20-18(11-28-12-30-20)15-7-14(9-26)21(27)29-10-15/h4-5,7-12,19,26H,6H2,1-3H3,(H2,27,29)(H,31,32)/t19-/m0/s1. The van der Waals surface area contributed by atoms with E-state index in [0.717, 1.165) is 12.3 Å². The Morgan fingerprint density at radius 3 is 2.52 bits per heavy atom. The number of benzene rings is 1. The van der Waals surface area contributed by atoms with E-state index in [-0.39, 0.29) is 12.2 Å². The molecule has 2 aromatic heterocycles. The van der Waals surface area contributed by atoms with Crippen molar-refractivity contribution >= 4 is 18.1 Å². The molecule has 2 heterocycles. The summed E-state index contributed by atoms with van der Waals surface area (Å²) in [5.41, 5.74) is 7.18. The second-order valence-corrected chi connectivity index (χ2v) is 8.35. The van der Waals surface area contributed by atoms with Gasteiger partial charge in [-0.05, 0) is 51.0 Å². The normalized spacial score (nSPS) is 12.2. The summed E-state index contributed by atoms with van der Waals surface area (Å²) in [5.74, 6) is -1.28. The van der Waals surface area contributed by atoms with Crippen LogP contribution in [0, 0.1) is 17.0 Å². The summed E-state index contributed by atoms with van der Waals surface area (Å²) in [4.78, 5) is 25.1. The Labute approximate surface area is 189 Å². The molecule has 0 unspecified atom stereocenters. The largest absolute Gasteiger partial charge is 0.444 e. The van der Waals surface area contributed by atoms with Gasteiger partial charge in [-0.2, -0.15) is 0 Å². The van der Waals surface area contributed by atoms with E-state index in [9.17, 15) is 13.6 Å². The molecule has 0 aliphatic heterocycles. The van der Waals surface area contributed by atoms with Crippen LogP contribution in [0.3, 0.4) is 0 Å². The number of nitrogens with two attached hydrogens (primary N) is 1. The summed E-state index contributed by atoms with van der Waals surface area (Å²) < 4.78 is 33.0. The molecule has 1 amide bonds. The zero-order valence-electron chi connectivity index (χ0n) is 18.4. The molecule has 0 saturated carbocycles. The minimum atomic E-state index is -0.819. The Kier molecular flexibility index (Phi) is 6.95. The van der Waals surface area contributed by atoms with Crippen molar-refractivity contribution in [2.24, 2.45) is 0 Å². The third kappa shape index (κ3) is 6.28. The smallest absolute Gasteiger partial charge is 0.408 e. The van der Waals surface area contributed by atoms with Crippen LogP contribution < -0.4 is 11.1 Å². The average Bonchev–Trinajstić information content (AvgIpc) is 2.71. The maximum Gasteiger partial charge on any atom is 0.408 e. The van der Waals surface area contributed by atoms with E-state index in [4.69, 9.17) is 15.9 Å². The first-order valence-electron chi connectivity index (χ1n) is 10.1. The maximum absolute atomic E-state index is 13.8. The fourth-order valence-electron chi connectivity index (χ4n) is 3.22. The molecular formula is C23H24F2N6O2. The molecule has 3 rings (SSSR count). The van der Waals surface area contributed by atoms with Gasteiger partial charge >= 0.3 is 6.09 Å². The number of hydrogen-bond acceptors (Lipinski definition) is 7. The topological polar surface area (TPSA) is 127 Å². The van der Waals surface area contributed by atoms with Gasteiger partial charge in [0.05, 0.1) is 11.7 Å². The Morgan fingerprint density at radius 2 is 1.88 bits per heavy atom. The van der Waals surface area contributed by atoms with Crippen molar-refractivity contribution in [2.75, 3.05) is 5.73 Å². The lowest BCUT2D eigenvalue weighted by atomic mass is 9.96. The fourth-order valence-corrected chi connectivity index (χ4v) is 3.22. The molecule has 0 aliphatic carbocycles. The van der Waals surface area contributed by atoms with E-state index in [0.29, 0.717) is 27.9 Å². The Morgan fingerprint density at radius 1 is 1.18 bits per heavy atom. The first kappa shape index (κ1) is 23.7. The van der Waals surface area contributed by atoms with Gasteiger partial charge < -0.3 is 21.2 Å². The van der Waals surface area contributed by atoms with Gasteiger partial charge in [-0.1, -0.05) is 0 Å². The maximum atomic E-state index is 13.8. The van der Waals surface area contributed by atoms with Crippen molar-refractivity contribution < 1.29 is 18.3 Å². The molecule has 3 aromatic rings. The van der Waals surface area contributed by atoms with Gasteiger partial charge in [0.1, 0.15) is 29.4 Å². The van der Waals surface area contributed by atoms with Crippen molar-refractivity contribution in [3.63, 3.8) is 0 Å². The van der Waals surface area contributed by atoms with Crippen molar-refractivity contribution in [3.8, 4) is 11.1 Å². The first-order chi connectivity index (χ1) is 15.6. The monoisotopic (exact) mass is 454 g/mol. The highest BCUT2D eigenvalue weighted by atomic mass is 19.1. The highest BCUT2D eigenvalue weighted by molar-refractivity contribution is 5.86. The second-order valence-electron chi connectivity index (χ2n) is 8.35. The summed E-state index contributed by atoms with van der Waals surface area (Å²) in [7, 11) is 0. The van der Waals surface area contributed by atoms with Gasteiger partial charge in [-0.3, -0.25) is 0 Å². The number of pyridine rings is 1. The highest BCUT2D eigenvalue weighted by Gasteiger charge is 2.25. The molecule has 1 aromatic carbocycles. The van der Waals surface area contributed by atoms with Gasteiger partial charge in [0, 0.05) is 41.4 Å². The second kappa shape index (κ2) is 9.68. The number of hydrogen-bond donors (Lipinski definition) is 3. The Balaban J connectivity index is 2.06. The number of nitrogens with one attached hydrogen (secondary N) is 2. The Bertz CT molecular complexity index is 1160. The van der Waals surface area contributed by atoms with Gasteiger partial charge in [0.15, 0.2) is 0 Å². The van der Waals surface area contributed by atoms with E-state index < -0.39 is 29.4 Å². The van der Waals surface area contributed by atoms with Crippen LogP contribution in [0.2, 0.25) is 0 Å². The third-order valence-electron chi connectivity index (χ3n) is 4.54. The Hall–Kier alpha value is -3.95. The zero-order valence-corrected chi connectivity index (χ0v) is 18.4. The van der Waals surface area contributed by atoms with Crippen LogP contribution in [-0.4, -0.2) is 32.9 Å². The predicted molar refractivity (Wildman–Crippen MR) is 120 cm³/mol. The van der Waals surface area contributed by atoms with Crippen molar-refractivity contribution in [1.29, 1.82) is 5.41 Å². The predicted octanol–water partition coefficient (Wildman–Crippen LogP) is 4.21. The number of ether oxygens (including phenoxy) is 1. The molecular weight excluding hydrogens is 430 g/mol. The average molecular weight is 454 g/mol. The summed E-state index contributed by atoms with van der Waals surface area (Å²) in [5, 5.41) is 10.3. The number of carbonyl (C=O) groups excluding carboxylic acids is 1.